The fourth-order valence-electron chi connectivity index (χ4n) is 1.30. The molecule has 4 nitrogen and oxygen atoms in total. The summed E-state index contributed by atoms with van der Waals surface area (Å²) in [6.45, 7) is 9.19. The first-order valence-electron chi connectivity index (χ1n) is 4.86. The van der Waals surface area contributed by atoms with Gasteiger partial charge in [-0.25, -0.2) is 0 Å². The van der Waals surface area contributed by atoms with E-state index in [-0.39, 0.29) is 5.54 Å². The quantitative estimate of drug-likeness (QED) is 0.516. The van der Waals surface area contributed by atoms with Crippen LogP contribution in [0.3, 0.4) is 0 Å². The van der Waals surface area contributed by atoms with E-state index in [4.69, 9.17) is 17.2 Å². The topological polar surface area (TPSA) is 81.3 Å². The maximum atomic E-state index is 6.02. The van der Waals surface area contributed by atoms with Crippen LogP contribution in [0.25, 0.3) is 0 Å². The summed E-state index contributed by atoms with van der Waals surface area (Å²) in [6, 6.07) is 0.305. The highest BCUT2D eigenvalue weighted by molar-refractivity contribution is 4.86. The molecule has 0 saturated carbocycles. The number of rotatable bonds is 6. The van der Waals surface area contributed by atoms with E-state index in [1.165, 1.54) is 0 Å². The smallest absolute Gasteiger partial charge is 0.0252 e. The van der Waals surface area contributed by atoms with Gasteiger partial charge in [-0.1, -0.05) is 0 Å². The molecule has 0 radical (unpaired) electrons. The molecule has 0 rings (SSSR count). The molecule has 0 bridgehead atoms. The molecule has 6 N–H and O–H groups in total. The van der Waals surface area contributed by atoms with Gasteiger partial charge >= 0.3 is 0 Å². The van der Waals surface area contributed by atoms with Crippen LogP contribution < -0.4 is 17.2 Å². The maximum absolute atomic E-state index is 6.02. The van der Waals surface area contributed by atoms with Gasteiger partial charge < -0.3 is 17.2 Å². The summed E-state index contributed by atoms with van der Waals surface area (Å²) < 4.78 is 0. The minimum Gasteiger partial charge on any atom is -0.329 e. The van der Waals surface area contributed by atoms with Crippen molar-refractivity contribution in [1.29, 1.82) is 0 Å². The molecule has 1 atom stereocenters. The number of nitrogens with zero attached hydrogens (tertiary/aromatic N) is 1. The molecule has 13 heavy (non-hydrogen) atoms. The van der Waals surface area contributed by atoms with E-state index in [9.17, 15) is 0 Å². The van der Waals surface area contributed by atoms with Crippen molar-refractivity contribution in [2.24, 2.45) is 17.2 Å². The van der Waals surface area contributed by atoms with Crippen molar-refractivity contribution in [3.8, 4) is 0 Å². The number of hydrogen-bond donors (Lipinski definition) is 3. The monoisotopic (exact) mass is 188 g/mol. The Morgan fingerprint density at radius 2 is 1.54 bits per heavy atom. The highest BCUT2D eigenvalue weighted by atomic mass is 15.2. The molecule has 0 aliphatic carbocycles. The Morgan fingerprint density at radius 3 is 1.77 bits per heavy atom. The second-order valence-corrected chi connectivity index (χ2v) is 4.11. The van der Waals surface area contributed by atoms with E-state index in [2.05, 4.69) is 11.8 Å². The molecule has 0 aromatic heterocycles. The highest BCUT2D eigenvalue weighted by Gasteiger charge is 2.25. The molecule has 4 heteroatoms. The molecule has 0 aliphatic rings. The Bertz CT molecular complexity index is 124. The first-order chi connectivity index (χ1) is 5.93. The summed E-state index contributed by atoms with van der Waals surface area (Å²) >= 11 is 0. The van der Waals surface area contributed by atoms with E-state index < -0.39 is 0 Å². The van der Waals surface area contributed by atoms with E-state index in [0.717, 1.165) is 13.1 Å². The van der Waals surface area contributed by atoms with Crippen molar-refractivity contribution >= 4 is 0 Å². The van der Waals surface area contributed by atoms with E-state index >= 15 is 0 Å². The molecule has 0 aromatic carbocycles. The molecule has 1 unspecified atom stereocenters. The predicted octanol–water partition coefficient (Wildman–Crippen LogP) is -0.668. The summed E-state index contributed by atoms with van der Waals surface area (Å²) in [7, 11) is 0. The lowest BCUT2D eigenvalue weighted by Crippen LogP contribution is -2.55. The summed E-state index contributed by atoms with van der Waals surface area (Å²) in [6.07, 6.45) is 0. The Labute approximate surface area is 81.4 Å². The van der Waals surface area contributed by atoms with Crippen LogP contribution in [0.15, 0.2) is 0 Å². The van der Waals surface area contributed by atoms with Crippen molar-refractivity contribution in [1.82, 2.24) is 4.90 Å². The molecule has 0 aromatic rings. The molecule has 0 saturated heterocycles. The first kappa shape index (κ1) is 12.8. The number of nitrogens with two attached hydrogens (primary N) is 3. The standard InChI is InChI=1S/C9H24N4/c1-8(9(2,3)12)13(6-4-10)7-5-11/h8H,4-7,10-12H2,1-3H3. The normalized spacial score (nSPS) is 15.0. The van der Waals surface area contributed by atoms with Crippen LogP contribution in [-0.4, -0.2) is 42.7 Å². The zero-order valence-corrected chi connectivity index (χ0v) is 9.09. The number of hydrogen-bond acceptors (Lipinski definition) is 4. The van der Waals surface area contributed by atoms with Gasteiger partial charge in [-0.3, -0.25) is 4.90 Å². The average molecular weight is 188 g/mol. The van der Waals surface area contributed by atoms with Gasteiger partial charge in [0.2, 0.25) is 0 Å². The Hall–Kier alpha value is -0.160. The van der Waals surface area contributed by atoms with Gasteiger partial charge in [0.1, 0.15) is 0 Å². The van der Waals surface area contributed by atoms with Crippen LogP contribution in [0, 0.1) is 0 Å². The average Bonchev–Trinajstić information content (AvgIpc) is 2.01. The van der Waals surface area contributed by atoms with E-state index in [1.54, 1.807) is 0 Å². The second-order valence-electron chi connectivity index (χ2n) is 4.11. The molecule has 0 spiro atoms. The summed E-state index contributed by atoms with van der Waals surface area (Å²) in [4.78, 5) is 2.24. The van der Waals surface area contributed by atoms with Crippen molar-refractivity contribution in [3.05, 3.63) is 0 Å². The lowest BCUT2D eigenvalue weighted by Gasteiger charge is -2.37. The SMILES string of the molecule is CC(N(CCN)CCN)C(C)(C)N. The fourth-order valence-corrected chi connectivity index (χ4v) is 1.30. The van der Waals surface area contributed by atoms with Gasteiger partial charge in [-0.2, -0.15) is 0 Å². The van der Waals surface area contributed by atoms with Gasteiger partial charge in [-0.05, 0) is 20.8 Å². The van der Waals surface area contributed by atoms with Gasteiger partial charge in [0.15, 0.2) is 0 Å². The molecule has 80 valence electrons. The zero-order valence-electron chi connectivity index (χ0n) is 9.09. The van der Waals surface area contributed by atoms with Crippen LogP contribution >= 0.6 is 0 Å². The van der Waals surface area contributed by atoms with Crippen LogP contribution in [0.2, 0.25) is 0 Å². The molecular formula is C9H24N4. The molecule has 0 heterocycles. The zero-order chi connectivity index (χ0) is 10.5. The van der Waals surface area contributed by atoms with Gasteiger partial charge in [0.25, 0.3) is 0 Å². The van der Waals surface area contributed by atoms with Crippen molar-refractivity contribution in [2.75, 3.05) is 26.2 Å². The lowest BCUT2D eigenvalue weighted by atomic mass is 9.96. The van der Waals surface area contributed by atoms with Crippen molar-refractivity contribution in [3.63, 3.8) is 0 Å². The van der Waals surface area contributed by atoms with Crippen LogP contribution in [0.1, 0.15) is 20.8 Å². The molecule has 0 aliphatic heterocycles. The minimum atomic E-state index is -0.204. The van der Waals surface area contributed by atoms with Gasteiger partial charge in [0, 0.05) is 37.8 Å². The Kier molecular flexibility index (Phi) is 5.48. The van der Waals surface area contributed by atoms with Crippen molar-refractivity contribution < 1.29 is 0 Å². The minimum absolute atomic E-state index is 0.204. The molecule has 0 amide bonds. The highest BCUT2D eigenvalue weighted by Crippen LogP contribution is 2.11. The van der Waals surface area contributed by atoms with Gasteiger partial charge in [0.05, 0.1) is 0 Å². The Morgan fingerprint density at radius 1 is 1.15 bits per heavy atom. The van der Waals surface area contributed by atoms with Crippen LogP contribution in [0.5, 0.6) is 0 Å². The summed E-state index contributed by atoms with van der Waals surface area (Å²) in [5, 5.41) is 0. The van der Waals surface area contributed by atoms with Crippen LogP contribution in [0.4, 0.5) is 0 Å². The van der Waals surface area contributed by atoms with Crippen molar-refractivity contribution in [2.45, 2.75) is 32.4 Å². The lowest BCUT2D eigenvalue weighted by molar-refractivity contribution is 0.157. The largest absolute Gasteiger partial charge is 0.329 e. The first-order valence-corrected chi connectivity index (χ1v) is 4.86. The van der Waals surface area contributed by atoms with Crippen LogP contribution in [-0.2, 0) is 0 Å². The third-order valence-electron chi connectivity index (χ3n) is 2.46. The fraction of sp³-hybridized carbons (Fsp3) is 1.00. The van der Waals surface area contributed by atoms with Gasteiger partial charge in [-0.15, -0.1) is 0 Å². The second kappa shape index (κ2) is 5.54. The predicted molar refractivity (Wildman–Crippen MR) is 57.4 cm³/mol. The summed E-state index contributed by atoms with van der Waals surface area (Å²) in [5.74, 6) is 0. The Balaban J connectivity index is 4.18. The summed E-state index contributed by atoms with van der Waals surface area (Å²) in [5.41, 5.74) is 16.8. The van der Waals surface area contributed by atoms with E-state index in [1.807, 2.05) is 13.8 Å². The maximum Gasteiger partial charge on any atom is 0.0252 e. The third-order valence-corrected chi connectivity index (χ3v) is 2.46. The molecular weight excluding hydrogens is 164 g/mol. The third kappa shape index (κ3) is 4.57. The van der Waals surface area contributed by atoms with E-state index in [0.29, 0.717) is 19.1 Å². The molecule has 0 fully saturated rings.